The van der Waals surface area contributed by atoms with Crippen molar-refractivity contribution < 1.29 is 8.98 Å². The largest absolute Gasteiger partial charge is 0.376 e. The van der Waals surface area contributed by atoms with Crippen molar-refractivity contribution in [2.45, 2.75) is 0 Å². The number of hydrogen-bond donors (Lipinski definition) is 1. The lowest BCUT2D eigenvalue weighted by Crippen LogP contribution is -1.98. The van der Waals surface area contributed by atoms with Crippen LogP contribution in [-0.4, -0.2) is 11.0 Å². The van der Waals surface area contributed by atoms with Gasteiger partial charge in [0.25, 0.3) is 0 Å². The van der Waals surface area contributed by atoms with Crippen molar-refractivity contribution in [3.8, 4) is 0 Å². The number of nitrogens with zero attached hydrogens (tertiary/aromatic N) is 1. The molecule has 5 heteroatoms. The van der Waals surface area contributed by atoms with Crippen LogP contribution in [0.5, 0.6) is 0 Å². The first-order chi connectivity index (χ1) is 5.34. The monoisotopic (exact) mass is 187 g/mol. The van der Waals surface area contributed by atoms with Crippen LogP contribution in [-0.2, 0) is 4.18 Å². The molecule has 1 aromatic heterocycles. The number of hydrogen-bond acceptors (Lipinski definition) is 5. The van der Waals surface area contributed by atoms with Gasteiger partial charge in [-0.1, -0.05) is 11.7 Å². The molecule has 0 aliphatic carbocycles. The first-order valence-electron chi connectivity index (χ1n) is 2.77. The topological polar surface area (TPSA) is 39.2 Å². The summed E-state index contributed by atoms with van der Waals surface area (Å²) in [5, 5.41) is 0. The number of thiol groups is 1. The van der Waals surface area contributed by atoms with Gasteiger partial charge in [-0.3, -0.25) is 4.98 Å². The van der Waals surface area contributed by atoms with Crippen LogP contribution in [0, 0.1) is 0 Å². The van der Waals surface area contributed by atoms with E-state index in [1.807, 2.05) is 0 Å². The van der Waals surface area contributed by atoms with E-state index in [-0.39, 0.29) is 0 Å². The molecule has 0 N–H and O–H groups in total. The molecule has 0 fully saturated rings. The maximum Gasteiger partial charge on any atom is 0.352 e. The molecule has 0 aromatic carbocycles. The van der Waals surface area contributed by atoms with Crippen LogP contribution in [0.1, 0.15) is 10.4 Å². The van der Waals surface area contributed by atoms with Crippen LogP contribution >= 0.6 is 22.7 Å². The third kappa shape index (κ3) is 2.44. The van der Waals surface area contributed by atoms with E-state index in [4.69, 9.17) is 0 Å². The second-order valence-electron chi connectivity index (χ2n) is 1.69. The summed E-state index contributed by atoms with van der Waals surface area (Å²) in [6.45, 7) is 0. The predicted molar refractivity (Wildman–Crippen MR) is 46.2 cm³/mol. The average molecular weight is 187 g/mol. The molecule has 58 valence electrons. The molecule has 0 amide bonds. The van der Waals surface area contributed by atoms with Gasteiger partial charge in [-0.05, 0) is 12.1 Å². The fourth-order valence-corrected chi connectivity index (χ4v) is 0.932. The van der Waals surface area contributed by atoms with E-state index in [2.05, 4.69) is 20.8 Å². The quantitative estimate of drug-likeness (QED) is 0.435. The Balaban J connectivity index is 2.69. The van der Waals surface area contributed by atoms with Crippen molar-refractivity contribution in [2.75, 3.05) is 0 Å². The van der Waals surface area contributed by atoms with Gasteiger partial charge >= 0.3 is 5.97 Å². The first kappa shape index (κ1) is 8.42. The van der Waals surface area contributed by atoms with Gasteiger partial charge in [-0.25, -0.2) is 4.79 Å². The predicted octanol–water partition coefficient (Wildman–Crippen LogP) is 1.73. The van der Waals surface area contributed by atoms with Crippen LogP contribution in [0.15, 0.2) is 24.5 Å². The summed E-state index contributed by atoms with van der Waals surface area (Å²) in [6.07, 6.45) is 3.02. The number of carbonyl (C=O) groups excluding carboxylic acids is 1. The average Bonchev–Trinajstić information content (AvgIpc) is 2.07. The van der Waals surface area contributed by atoms with Gasteiger partial charge < -0.3 is 4.18 Å². The molecule has 0 aliphatic rings. The van der Waals surface area contributed by atoms with Crippen molar-refractivity contribution in [1.29, 1.82) is 0 Å². The Morgan fingerprint density at radius 1 is 1.73 bits per heavy atom. The molecule has 1 rings (SSSR count). The van der Waals surface area contributed by atoms with Crippen LogP contribution < -0.4 is 0 Å². The summed E-state index contributed by atoms with van der Waals surface area (Å²) in [7, 11) is 0. The van der Waals surface area contributed by atoms with Crippen LogP contribution in [0.3, 0.4) is 0 Å². The summed E-state index contributed by atoms with van der Waals surface area (Å²) in [6, 6.07) is 3.29. The van der Waals surface area contributed by atoms with E-state index in [0.717, 1.165) is 11.1 Å². The highest BCUT2D eigenvalue weighted by atomic mass is 33.1. The Hall–Kier alpha value is -0.680. The smallest absolute Gasteiger partial charge is 0.352 e. The molecular weight excluding hydrogens is 182 g/mol. The Kier molecular flexibility index (Phi) is 3.25. The highest BCUT2D eigenvalue weighted by Gasteiger charge is 2.04. The molecule has 11 heavy (non-hydrogen) atoms. The highest BCUT2D eigenvalue weighted by molar-refractivity contribution is 8.66. The van der Waals surface area contributed by atoms with Crippen molar-refractivity contribution in [1.82, 2.24) is 4.98 Å². The van der Waals surface area contributed by atoms with Crippen LogP contribution in [0.2, 0.25) is 0 Å². The molecule has 0 unspecified atom stereocenters. The van der Waals surface area contributed by atoms with Gasteiger partial charge in [0.15, 0.2) is 0 Å². The molecule has 1 heterocycles. The maximum atomic E-state index is 10.9. The van der Waals surface area contributed by atoms with Gasteiger partial charge in [0.2, 0.25) is 0 Å². The third-order valence-corrected chi connectivity index (χ3v) is 1.46. The fourth-order valence-electron chi connectivity index (χ4n) is 0.565. The lowest BCUT2D eigenvalue weighted by Gasteiger charge is -1.95. The molecule has 0 aliphatic heterocycles. The number of aromatic nitrogens is 1. The zero-order valence-corrected chi connectivity index (χ0v) is 7.14. The zero-order chi connectivity index (χ0) is 8.10. The number of rotatable bonds is 2. The van der Waals surface area contributed by atoms with Gasteiger partial charge in [-0.15, -0.1) is 0 Å². The van der Waals surface area contributed by atoms with Gasteiger partial charge in [0.05, 0.1) is 5.56 Å². The van der Waals surface area contributed by atoms with E-state index >= 15 is 0 Å². The zero-order valence-electron chi connectivity index (χ0n) is 5.43. The van der Waals surface area contributed by atoms with E-state index in [9.17, 15) is 4.79 Å². The molecule has 0 saturated heterocycles. The second-order valence-corrected chi connectivity index (χ2v) is 2.45. The minimum atomic E-state index is -0.432. The molecule has 0 bridgehead atoms. The minimum Gasteiger partial charge on any atom is -0.376 e. The van der Waals surface area contributed by atoms with Crippen molar-refractivity contribution in [3.63, 3.8) is 0 Å². The summed E-state index contributed by atoms with van der Waals surface area (Å²) in [5.74, 6) is -0.432. The summed E-state index contributed by atoms with van der Waals surface area (Å²) in [5.41, 5.74) is 0.425. The second kappa shape index (κ2) is 4.25. The molecule has 0 atom stereocenters. The SMILES string of the molecule is O=C(OSS)c1cccnc1. The molecule has 0 radical (unpaired) electrons. The van der Waals surface area contributed by atoms with Gasteiger partial charge in [-0.2, -0.15) is 0 Å². The third-order valence-electron chi connectivity index (χ3n) is 1.01. The van der Waals surface area contributed by atoms with Crippen LogP contribution in [0.4, 0.5) is 0 Å². The molecular formula is C6H5NO2S2. The first-order valence-corrected chi connectivity index (χ1v) is 4.56. The molecule has 0 spiro atoms. The number of pyridine rings is 1. The Morgan fingerprint density at radius 3 is 3.09 bits per heavy atom. The Bertz CT molecular complexity index is 240. The molecule has 1 aromatic rings. The van der Waals surface area contributed by atoms with Crippen molar-refractivity contribution in [2.24, 2.45) is 0 Å². The standard InChI is InChI=1S/C6H5NO2S2/c8-6(9-11-10)5-2-1-3-7-4-5/h1-4,10H. The molecule has 0 saturated carbocycles. The van der Waals surface area contributed by atoms with Gasteiger partial charge in [0, 0.05) is 12.4 Å². The highest BCUT2D eigenvalue weighted by Crippen LogP contribution is 2.10. The minimum absolute atomic E-state index is 0.425. The van der Waals surface area contributed by atoms with Crippen molar-refractivity contribution >= 4 is 28.7 Å². The van der Waals surface area contributed by atoms with Gasteiger partial charge in [0.1, 0.15) is 11.1 Å². The lowest BCUT2D eigenvalue weighted by molar-refractivity contribution is 0.0770. The van der Waals surface area contributed by atoms with E-state index in [1.54, 1.807) is 18.3 Å². The summed E-state index contributed by atoms with van der Waals surface area (Å²) in [4.78, 5) is 14.7. The normalized spacial score (nSPS) is 9.18. The Morgan fingerprint density at radius 2 is 2.55 bits per heavy atom. The maximum absolute atomic E-state index is 10.9. The molecule has 3 nitrogen and oxygen atoms in total. The van der Waals surface area contributed by atoms with Crippen LogP contribution in [0.25, 0.3) is 0 Å². The van der Waals surface area contributed by atoms with E-state index in [1.165, 1.54) is 6.20 Å². The fraction of sp³-hybridized carbons (Fsp3) is 0. The van der Waals surface area contributed by atoms with E-state index < -0.39 is 5.97 Å². The summed E-state index contributed by atoms with van der Waals surface area (Å²) >= 11 is 4.39. The summed E-state index contributed by atoms with van der Waals surface area (Å²) < 4.78 is 4.53. The lowest BCUT2D eigenvalue weighted by atomic mass is 10.3. The van der Waals surface area contributed by atoms with E-state index in [0.29, 0.717) is 5.56 Å². The number of carbonyl (C=O) groups is 1. The van der Waals surface area contributed by atoms with Crippen molar-refractivity contribution in [3.05, 3.63) is 30.1 Å². The Labute approximate surface area is 73.2 Å².